The molecule has 0 spiro atoms. The number of sulfonamides is 1. The molecule has 1 saturated heterocycles. The van der Waals surface area contributed by atoms with Gasteiger partial charge in [-0.3, -0.25) is 4.79 Å². The van der Waals surface area contributed by atoms with Crippen LogP contribution < -0.4 is 15.4 Å². The van der Waals surface area contributed by atoms with Gasteiger partial charge in [-0.05, 0) is 30.7 Å². The summed E-state index contributed by atoms with van der Waals surface area (Å²) in [6.07, 6.45) is 0.200. The number of carbonyl (C=O) groups excluding carboxylic acids is 1. The Bertz CT molecular complexity index is 601. The van der Waals surface area contributed by atoms with Crippen LogP contribution in [0.1, 0.15) is 13.3 Å². The molecule has 9 heteroatoms. The number of rotatable bonds is 6. The summed E-state index contributed by atoms with van der Waals surface area (Å²) in [7, 11) is -3.49. The third-order valence-corrected chi connectivity index (χ3v) is 4.67. The Morgan fingerprint density at radius 3 is 2.61 bits per heavy atom. The number of hydrogen-bond donors (Lipinski definition) is 3. The maximum atomic E-state index is 12.0. The van der Waals surface area contributed by atoms with E-state index < -0.39 is 16.1 Å². The van der Waals surface area contributed by atoms with Crippen molar-refractivity contribution in [1.29, 1.82) is 0 Å². The first-order valence-corrected chi connectivity index (χ1v) is 8.74. The Labute approximate surface area is 142 Å². The number of halogens is 1. The van der Waals surface area contributed by atoms with Gasteiger partial charge in [-0.25, -0.2) is 13.1 Å². The average molecular weight is 364 g/mol. The predicted octanol–water partition coefficient (Wildman–Crippen LogP) is 0.724. The van der Waals surface area contributed by atoms with E-state index in [-0.39, 0.29) is 23.2 Å². The molecule has 0 aliphatic carbocycles. The van der Waals surface area contributed by atoms with Gasteiger partial charge in [0.2, 0.25) is 10.0 Å². The molecule has 1 unspecified atom stereocenters. The van der Waals surface area contributed by atoms with Crippen molar-refractivity contribution in [2.75, 3.05) is 31.6 Å². The lowest BCUT2D eigenvalue weighted by molar-refractivity contribution is -0.128. The maximum absolute atomic E-state index is 12.0. The molecule has 0 bridgehead atoms. The van der Waals surface area contributed by atoms with Gasteiger partial charge in [-0.15, -0.1) is 12.4 Å². The van der Waals surface area contributed by atoms with Gasteiger partial charge in [0, 0.05) is 25.3 Å². The molecule has 1 aliphatic heterocycles. The van der Waals surface area contributed by atoms with Gasteiger partial charge in [0.25, 0.3) is 5.91 Å². The summed E-state index contributed by atoms with van der Waals surface area (Å²) in [6, 6.07) is 6.06. The number of nitrogens with one attached hydrogen (secondary N) is 3. The predicted molar refractivity (Wildman–Crippen MR) is 90.4 cm³/mol. The Morgan fingerprint density at radius 2 is 2.04 bits per heavy atom. The van der Waals surface area contributed by atoms with E-state index in [9.17, 15) is 13.2 Å². The van der Waals surface area contributed by atoms with E-state index in [4.69, 9.17) is 4.74 Å². The molecule has 1 aliphatic rings. The van der Waals surface area contributed by atoms with Crippen molar-refractivity contribution in [2.24, 2.45) is 0 Å². The number of amides is 1. The fourth-order valence-electron chi connectivity index (χ4n) is 1.99. The zero-order chi connectivity index (χ0) is 16.0. The summed E-state index contributed by atoms with van der Waals surface area (Å²) in [5, 5.41) is 5.79. The highest BCUT2D eigenvalue weighted by molar-refractivity contribution is 7.89. The Kier molecular flexibility index (Phi) is 7.93. The molecule has 2 rings (SSSR count). The van der Waals surface area contributed by atoms with Crippen LogP contribution in [0, 0.1) is 0 Å². The van der Waals surface area contributed by atoms with Gasteiger partial charge >= 0.3 is 0 Å². The minimum atomic E-state index is -3.49. The molecule has 3 N–H and O–H groups in total. The molecule has 0 aromatic heterocycles. The van der Waals surface area contributed by atoms with Crippen molar-refractivity contribution >= 4 is 34.0 Å². The van der Waals surface area contributed by atoms with E-state index in [1.807, 2.05) is 6.92 Å². The molecule has 130 valence electrons. The molecule has 1 amide bonds. The first-order chi connectivity index (χ1) is 10.5. The first-order valence-electron chi connectivity index (χ1n) is 7.26. The number of benzene rings is 1. The van der Waals surface area contributed by atoms with E-state index in [1.165, 1.54) is 12.1 Å². The van der Waals surface area contributed by atoms with Crippen LogP contribution in [0.3, 0.4) is 0 Å². The highest BCUT2D eigenvalue weighted by Gasteiger charge is 2.21. The highest BCUT2D eigenvalue weighted by Crippen LogP contribution is 2.14. The van der Waals surface area contributed by atoms with Crippen molar-refractivity contribution < 1.29 is 17.9 Å². The molecule has 23 heavy (non-hydrogen) atoms. The zero-order valence-electron chi connectivity index (χ0n) is 12.9. The summed E-state index contributed by atoms with van der Waals surface area (Å²) >= 11 is 0. The number of anilines is 1. The summed E-state index contributed by atoms with van der Waals surface area (Å²) < 4.78 is 31.7. The fraction of sp³-hybridized carbons (Fsp3) is 0.500. The van der Waals surface area contributed by atoms with Crippen molar-refractivity contribution in [3.63, 3.8) is 0 Å². The van der Waals surface area contributed by atoms with Gasteiger partial charge in [0.1, 0.15) is 6.10 Å². The lowest BCUT2D eigenvalue weighted by Gasteiger charge is -2.22. The van der Waals surface area contributed by atoms with Crippen LogP contribution in [0.4, 0.5) is 5.69 Å². The normalized spacial score (nSPS) is 18.0. The first kappa shape index (κ1) is 19.9. The summed E-state index contributed by atoms with van der Waals surface area (Å²) in [5.74, 6) is -0.244. The van der Waals surface area contributed by atoms with Crippen molar-refractivity contribution in [3.05, 3.63) is 24.3 Å². The quantitative estimate of drug-likeness (QED) is 0.692. The highest BCUT2D eigenvalue weighted by atomic mass is 35.5. The van der Waals surface area contributed by atoms with Crippen molar-refractivity contribution in [3.8, 4) is 0 Å². The smallest absolute Gasteiger partial charge is 0.254 e. The zero-order valence-corrected chi connectivity index (χ0v) is 14.5. The summed E-state index contributed by atoms with van der Waals surface area (Å²) in [5.41, 5.74) is 0.536. The van der Waals surface area contributed by atoms with Crippen LogP contribution in [0.25, 0.3) is 0 Å². The summed E-state index contributed by atoms with van der Waals surface area (Å²) in [4.78, 5) is 12.2. The average Bonchev–Trinajstić information content (AvgIpc) is 2.54. The van der Waals surface area contributed by atoms with Crippen LogP contribution >= 0.6 is 12.4 Å². The van der Waals surface area contributed by atoms with E-state index in [2.05, 4.69) is 15.4 Å². The lowest BCUT2D eigenvalue weighted by atomic mass is 10.2. The molecular formula is C14H22ClN3O4S. The molecular weight excluding hydrogens is 342 g/mol. The second-order valence-corrected chi connectivity index (χ2v) is 6.74. The van der Waals surface area contributed by atoms with E-state index in [1.54, 1.807) is 12.1 Å². The fourth-order valence-corrected chi connectivity index (χ4v) is 3.13. The topological polar surface area (TPSA) is 96.5 Å². The number of ether oxygens (including phenoxy) is 1. The lowest BCUT2D eigenvalue weighted by Crippen LogP contribution is -2.45. The van der Waals surface area contributed by atoms with Gasteiger partial charge < -0.3 is 15.4 Å². The molecule has 7 nitrogen and oxygen atoms in total. The van der Waals surface area contributed by atoms with Crippen LogP contribution in [-0.2, 0) is 19.6 Å². The van der Waals surface area contributed by atoms with Gasteiger partial charge in [-0.1, -0.05) is 6.92 Å². The molecule has 0 radical (unpaired) electrons. The Balaban J connectivity index is 0.00000264. The maximum Gasteiger partial charge on any atom is 0.254 e. The minimum Gasteiger partial charge on any atom is -0.366 e. The minimum absolute atomic E-state index is 0. The Hall–Kier alpha value is -1.19. The molecule has 1 aromatic carbocycles. The second kappa shape index (κ2) is 9.19. The molecule has 1 aromatic rings. The third-order valence-electron chi connectivity index (χ3n) is 3.19. The van der Waals surface area contributed by atoms with Gasteiger partial charge in [0.05, 0.1) is 11.5 Å². The van der Waals surface area contributed by atoms with Gasteiger partial charge in [0.15, 0.2) is 0 Å². The van der Waals surface area contributed by atoms with E-state index >= 15 is 0 Å². The largest absolute Gasteiger partial charge is 0.366 e. The molecule has 1 heterocycles. The number of hydrogen-bond acceptors (Lipinski definition) is 5. The third kappa shape index (κ3) is 5.74. The number of morpholine rings is 1. The van der Waals surface area contributed by atoms with Crippen LogP contribution in [-0.4, -0.2) is 46.7 Å². The van der Waals surface area contributed by atoms with Crippen molar-refractivity contribution in [1.82, 2.24) is 10.0 Å². The second-order valence-electron chi connectivity index (χ2n) is 4.97. The molecule has 0 saturated carbocycles. The van der Waals surface area contributed by atoms with Gasteiger partial charge in [-0.2, -0.15) is 0 Å². The van der Waals surface area contributed by atoms with Crippen LogP contribution in [0.2, 0.25) is 0 Å². The number of carbonyl (C=O) groups is 1. The molecule has 1 atom stereocenters. The van der Waals surface area contributed by atoms with E-state index in [0.717, 1.165) is 13.0 Å². The van der Waals surface area contributed by atoms with Crippen LogP contribution in [0.15, 0.2) is 29.2 Å². The standard InChI is InChI=1S/C14H21N3O4S.ClH/c1-2-7-16-22(19,20)12-5-3-11(4-6-12)17-14(18)13-10-15-8-9-21-13;/h3-6,13,15-16H,2,7-10H2,1H3,(H,17,18);1H. The summed E-state index contributed by atoms with van der Waals surface area (Å²) in [6.45, 7) is 3.99. The monoisotopic (exact) mass is 363 g/mol. The van der Waals surface area contributed by atoms with Crippen LogP contribution in [0.5, 0.6) is 0 Å². The SMILES string of the molecule is CCCNS(=O)(=O)c1ccc(NC(=O)C2CNCCO2)cc1.Cl. The van der Waals surface area contributed by atoms with Crippen molar-refractivity contribution in [2.45, 2.75) is 24.3 Å². The molecule has 1 fully saturated rings. The Morgan fingerprint density at radius 1 is 1.35 bits per heavy atom. The van der Waals surface area contributed by atoms with E-state index in [0.29, 0.717) is 25.4 Å².